The van der Waals surface area contributed by atoms with Crippen LogP contribution in [0.15, 0.2) is 52.7 Å². The van der Waals surface area contributed by atoms with Gasteiger partial charge in [0, 0.05) is 17.9 Å². The Morgan fingerprint density at radius 2 is 1.60 bits per heavy atom. The van der Waals surface area contributed by atoms with Crippen LogP contribution in [0.1, 0.15) is 158 Å². The molecule has 0 aromatic heterocycles. The molecule has 3 heteroatoms. The summed E-state index contributed by atoms with van der Waals surface area (Å²) in [4.78, 5) is 20.2. The van der Waals surface area contributed by atoms with Gasteiger partial charge in [-0.1, -0.05) is 118 Å². The number of rotatable bonds is 12. The van der Waals surface area contributed by atoms with E-state index in [0.29, 0.717) is 6.04 Å². The number of benzene rings is 1. The van der Waals surface area contributed by atoms with E-state index in [1.165, 1.54) is 49.7 Å². The van der Waals surface area contributed by atoms with Crippen LogP contribution >= 0.6 is 0 Å². The van der Waals surface area contributed by atoms with Crippen LogP contribution in [0, 0.1) is 11.8 Å². The van der Waals surface area contributed by atoms with Crippen molar-refractivity contribution in [3.63, 3.8) is 0 Å². The van der Waals surface area contributed by atoms with E-state index in [1.54, 1.807) is 0 Å². The second-order valence-corrected chi connectivity index (χ2v) is 13.8. The lowest BCUT2D eigenvalue weighted by molar-refractivity contribution is -0.123. The molecule has 1 aromatic carbocycles. The highest BCUT2D eigenvalue weighted by Gasteiger charge is 2.48. The van der Waals surface area contributed by atoms with Crippen LogP contribution in [0.25, 0.3) is 5.57 Å². The van der Waals surface area contributed by atoms with Gasteiger partial charge in [0.15, 0.2) is 0 Å². The number of carbonyl (C=O) groups is 1. The molecule has 1 aromatic rings. The first-order chi connectivity index (χ1) is 20.3. The maximum absolute atomic E-state index is 13.4. The SMILES string of the molecule is C=C(/C=C(N=CCC)\C(C)=C(/C)CC)c1ccc2c(c1)N(C1CC(CC)C1)C(=O)C2(C)C.CC(C)C.CCCCCCC. The lowest BCUT2D eigenvalue weighted by Crippen LogP contribution is -2.49. The molecular formula is C40H66N2O. The number of fused-ring (bicyclic) bond motifs is 1. The minimum absolute atomic E-state index is 0.232. The number of anilines is 1. The first-order valence-electron chi connectivity index (χ1n) is 17.4. The molecule has 3 rings (SSSR count). The Labute approximate surface area is 267 Å². The normalized spacial score (nSPS) is 19.7. The molecule has 1 saturated carbocycles. The van der Waals surface area contributed by atoms with Gasteiger partial charge in [-0.05, 0) is 99.6 Å². The smallest absolute Gasteiger partial charge is 0.237 e. The third kappa shape index (κ3) is 11.2. The summed E-state index contributed by atoms with van der Waals surface area (Å²) < 4.78 is 0. The van der Waals surface area contributed by atoms with Gasteiger partial charge < -0.3 is 4.90 Å². The predicted octanol–water partition coefficient (Wildman–Crippen LogP) is 12.3. The second-order valence-electron chi connectivity index (χ2n) is 13.8. The van der Waals surface area contributed by atoms with Crippen molar-refractivity contribution in [2.75, 3.05) is 4.90 Å². The van der Waals surface area contributed by atoms with Gasteiger partial charge in [-0.2, -0.15) is 0 Å². The molecule has 0 N–H and O–H groups in total. The predicted molar refractivity (Wildman–Crippen MR) is 193 cm³/mol. The van der Waals surface area contributed by atoms with Crippen LogP contribution in [0.5, 0.6) is 0 Å². The van der Waals surface area contributed by atoms with Crippen LogP contribution in [-0.4, -0.2) is 18.2 Å². The molecule has 0 unspecified atom stereocenters. The van der Waals surface area contributed by atoms with Crippen LogP contribution < -0.4 is 4.90 Å². The van der Waals surface area contributed by atoms with Crippen molar-refractivity contribution in [2.24, 2.45) is 16.8 Å². The summed E-state index contributed by atoms with van der Waals surface area (Å²) in [7, 11) is 0. The molecule has 1 aliphatic carbocycles. The number of nitrogens with zero attached hydrogens (tertiary/aromatic N) is 2. The van der Waals surface area contributed by atoms with Crippen LogP contribution in [0.4, 0.5) is 5.69 Å². The maximum atomic E-state index is 13.4. The van der Waals surface area contributed by atoms with Crippen molar-refractivity contribution in [3.05, 3.63) is 58.8 Å². The van der Waals surface area contributed by atoms with E-state index < -0.39 is 5.41 Å². The average molecular weight is 591 g/mol. The van der Waals surface area contributed by atoms with Crippen molar-refractivity contribution in [1.29, 1.82) is 0 Å². The van der Waals surface area contributed by atoms with Crippen molar-refractivity contribution in [3.8, 4) is 0 Å². The molecule has 1 heterocycles. The van der Waals surface area contributed by atoms with E-state index in [1.807, 2.05) is 6.21 Å². The Hall–Kier alpha value is -2.42. The van der Waals surface area contributed by atoms with E-state index >= 15 is 0 Å². The summed E-state index contributed by atoms with van der Waals surface area (Å²) in [6, 6.07) is 6.74. The zero-order valence-electron chi connectivity index (χ0n) is 30.2. The molecule has 1 fully saturated rings. The molecule has 242 valence electrons. The fourth-order valence-corrected chi connectivity index (χ4v) is 5.43. The van der Waals surface area contributed by atoms with Gasteiger partial charge >= 0.3 is 0 Å². The average Bonchev–Trinajstić information content (AvgIpc) is 3.14. The maximum Gasteiger partial charge on any atom is 0.237 e. The molecule has 1 aliphatic heterocycles. The summed E-state index contributed by atoms with van der Waals surface area (Å²) in [5.41, 5.74) is 7.21. The number of allylic oxidation sites excluding steroid dienone is 4. The minimum Gasteiger partial charge on any atom is -0.308 e. The molecule has 43 heavy (non-hydrogen) atoms. The third-order valence-electron chi connectivity index (χ3n) is 8.69. The Morgan fingerprint density at radius 3 is 2.09 bits per heavy atom. The number of amides is 1. The number of unbranched alkanes of at least 4 members (excludes halogenated alkanes) is 4. The van der Waals surface area contributed by atoms with Crippen LogP contribution in [-0.2, 0) is 10.2 Å². The molecular weight excluding hydrogens is 524 g/mol. The van der Waals surface area contributed by atoms with E-state index in [4.69, 9.17) is 4.99 Å². The highest BCUT2D eigenvalue weighted by atomic mass is 16.2. The summed E-state index contributed by atoms with van der Waals surface area (Å²) in [6.45, 7) is 30.3. The molecule has 2 aliphatic rings. The number of carbonyl (C=O) groups excluding carboxylic acids is 1. The minimum atomic E-state index is -0.476. The van der Waals surface area contributed by atoms with Gasteiger partial charge in [-0.25, -0.2) is 0 Å². The molecule has 0 bridgehead atoms. The molecule has 3 nitrogen and oxygen atoms in total. The quantitative estimate of drug-likeness (QED) is 0.135. The van der Waals surface area contributed by atoms with Crippen molar-refractivity contribution < 1.29 is 4.79 Å². The summed E-state index contributed by atoms with van der Waals surface area (Å²) >= 11 is 0. The van der Waals surface area contributed by atoms with Gasteiger partial charge in [-0.15, -0.1) is 0 Å². The highest BCUT2D eigenvalue weighted by Crippen LogP contribution is 2.48. The van der Waals surface area contributed by atoms with E-state index in [2.05, 4.69) is 119 Å². The fourth-order valence-electron chi connectivity index (χ4n) is 5.43. The number of hydrogen-bond donors (Lipinski definition) is 0. The Kier molecular flexibility index (Phi) is 17.1. The Balaban J connectivity index is 0.000000717. The summed E-state index contributed by atoms with van der Waals surface area (Å²) in [5.74, 6) is 1.81. The van der Waals surface area contributed by atoms with E-state index in [0.717, 1.165) is 65.6 Å². The van der Waals surface area contributed by atoms with Crippen molar-refractivity contribution in [2.45, 2.75) is 159 Å². The number of aliphatic imine (C=N–C) groups is 1. The van der Waals surface area contributed by atoms with Gasteiger partial charge in [0.05, 0.1) is 11.1 Å². The summed E-state index contributed by atoms with van der Waals surface area (Å²) in [5, 5.41) is 0. The van der Waals surface area contributed by atoms with E-state index in [9.17, 15) is 4.79 Å². The second kappa shape index (κ2) is 19.1. The van der Waals surface area contributed by atoms with Gasteiger partial charge in [0.2, 0.25) is 5.91 Å². The molecule has 0 spiro atoms. The van der Waals surface area contributed by atoms with Gasteiger partial charge in [0.25, 0.3) is 0 Å². The van der Waals surface area contributed by atoms with Crippen molar-refractivity contribution in [1.82, 2.24) is 0 Å². The molecule has 0 radical (unpaired) electrons. The van der Waals surface area contributed by atoms with Gasteiger partial charge in [-0.3, -0.25) is 9.79 Å². The first kappa shape index (κ1) is 38.6. The summed E-state index contributed by atoms with van der Waals surface area (Å²) in [6.07, 6.45) is 16.4. The highest BCUT2D eigenvalue weighted by molar-refractivity contribution is 6.08. The van der Waals surface area contributed by atoms with Crippen LogP contribution in [0.3, 0.4) is 0 Å². The van der Waals surface area contributed by atoms with Gasteiger partial charge in [0.1, 0.15) is 0 Å². The molecule has 1 amide bonds. The Bertz CT molecular complexity index is 1100. The topological polar surface area (TPSA) is 32.7 Å². The van der Waals surface area contributed by atoms with Crippen molar-refractivity contribution >= 4 is 23.4 Å². The zero-order chi connectivity index (χ0) is 32.7. The van der Waals surface area contributed by atoms with Crippen LogP contribution in [0.2, 0.25) is 0 Å². The largest absolute Gasteiger partial charge is 0.308 e. The monoisotopic (exact) mass is 591 g/mol. The Morgan fingerprint density at radius 1 is 1.02 bits per heavy atom. The standard InChI is InChI=1S/C29H40N2O.C7H16.C4H10/c1-9-14-30-26(21(6)19(4)10-2)15-20(5)23-12-13-25-27(18-23)31(28(32)29(25,7)8)24-16-22(11-3)17-24;1-3-5-7-6-4-2;1-4(2)3/h12-15,18,22,24H,5,9-11,16-17H2,1-4,6-8H3;3-7H2,1-2H3;4H,1-3H3/b21-19+,26-15+,30-14?;;. The molecule has 0 atom stereocenters. The lowest BCUT2D eigenvalue weighted by atomic mass is 9.77. The lowest BCUT2D eigenvalue weighted by Gasteiger charge is -2.41. The number of hydrogen-bond acceptors (Lipinski definition) is 2. The molecule has 0 saturated heterocycles. The zero-order valence-corrected chi connectivity index (χ0v) is 30.2. The first-order valence-corrected chi connectivity index (χ1v) is 17.4. The third-order valence-corrected chi connectivity index (χ3v) is 8.69. The fraction of sp³-hybridized carbons (Fsp3) is 0.650. The van der Waals surface area contributed by atoms with E-state index in [-0.39, 0.29) is 5.91 Å².